The van der Waals surface area contributed by atoms with Gasteiger partial charge in [-0.05, 0) is 19.3 Å². The average Bonchev–Trinajstić information content (AvgIpc) is 3.05. The smallest absolute Gasteiger partial charge is 0.232 e. The van der Waals surface area contributed by atoms with E-state index in [-0.39, 0.29) is 11.7 Å². The summed E-state index contributed by atoms with van der Waals surface area (Å²) in [6.07, 6.45) is 3.89. The second kappa shape index (κ2) is 4.86. The fourth-order valence-electron chi connectivity index (χ4n) is 2.20. The molecular weight excluding hydrogens is 266 g/mol. The van der Waals surface area contributed by atoms with Gasteiger partial charge in [-0.1, -0.05) is 18.5 Å². The summed E-state index contributed by atoms with van der Waals surface area (Å²) in [6.45, 7) is 2.96. The number of nitrogens with zero attached hydrogens (tertiary/aromatic N) is 3. The van der Waals surface area contributed by atoms with Gasteiger partial charge < -0.3 is 4.52 Å². The third kappa shape index (κ3) is 2.67. The molecule has 0 spiro atoms. The maximum Gasteiger partial charge on any atom is 0.232 e. The molecule has 19 heavy (non-hydrogen) atoms. The lowest BCUT2D eigenvalue weighted by Crippen LogP contribution is -2.49. The normalized spacial score (nSPS) is 21.5. The van der Waals surface area contributed by atoms with Crippen molar-refractivity contribution in [3.63, 3.8) is 0 Å². The van der Waals surface area contributed by atoms with Crippen molar-refractivity contribution in [1.82, 2.24) is 14.4 Å². The monoisotopic (exact) mass is 285 g/mol. The van der Waals surface area contributed by atoms with Crippen LogP contribution in [0.5, 0.6) is 0 Å². The van der Waals surface area contributed by atoms with E-state index >= 15 is 0 Å². The standard InChI is InChI=1S/C12H19N3O3S/c1-2-3-6-19(16,17)15-7-10(8-15)12-13-11(14-18-12)9-4-5-9/h9-10H,2-8H2,1H3. The van der Waals surface area contributed by atoms with Crippen LogP contribution in [0.3, 0.4) is 0 Å². The van der Waals surface area contributed by atoms with Crippen molar-refractivity contribution >= 4 is 10.0 Å². The molecule has 0 atom stereocenters. The van der Waals surface area contributed by atoms with Crippen LogP contribution in [0.4, 0.5) is 0 Å². The summed E-state index contributed by atoms with van der Waals surface area (Å²) in [6, 6.07) is 0. The maximum absolute atomic E-state index is 11.9. The first-order valence-electron chi connectivity index (χ1n) is 6.91. The minimum Gasteiger partial charge on any atom is -0.339 e. The zero-order chi connectivity index (χ0) is 13.5. The molecule has 2 aliphatic rings. The molecule has 0 N–H and O–H groups in total. The molecule has 6 nitrogen and oxygen atoms in total. The van der Waals surface area contributed by atoms with E-state index in [2.05, 4.69) is 10.1 Å². The molecular formula is C12H19N3O3S. The summed E-state index contributed by atoms with van der Waals surface area (Å²) < 4.78 is 30.6. The minimum atomic E-state index is -3.08. The average molecular weight is 285 g/mol. The van der Waals surface area contributed by atoms with Gasteiger partial charge in [0.2, 0.25) is 15.9 Å². The van der Waals surface area contributed by atoms with Gasteiger partial charge in [0.1, 0.15) is 0 Å². The van der Waals surface area contributed by atoms with Crippen molar-refractivity contribution in [2.45, 2.75) is 44.4 Å². The Morgan fingerprint density at radius 2 is 2.05 bits per heavy atom. The quantitative estimate of drug-likeness (QED) is 0.791. The minimum absolute atomic E-state index is 0.0800. The van der Waals surface area contributed by atoms with Crippen LogP contribution in [0.1, 0.15) is 56.2 Å². The van der Waals surface area contributed by atoms with Crippen LogP contribution in [0.15, 0.2) is 4.52 Å². The van der Waals surface area contributed by atoms with Crippen LogP contribution in [-0.2, 0) is 10.0 Å². The maximum atomic E-state index is 11.9. The number of rotatable bonds is 6. The largest absolute Gasteiger partial charge is 0.339 e. The van der Waals surface area contributed by atoms with Crippen LogP contribution in [0.2, 0.25) is 0 Å². The van der Waals surface area contributed by atoms with Crippen molar-refractivity contribution in [2.24, 2.45) is 0 Å². The van der Waals surface area contributed by atoms with Crippen molar-refractivity contribution < 1.29 is 12.9 Å². The summed E-state index contributed by atoms with van der Waals surface area (Å²) in [5, 5.41) is 3.96. The number of sulfonamides is 1. The number of unbranched alkanes of at least 4 members (excludes halogenated alkanes) is 1. The Kier molecular flexibility index (Phi) is 3.34. The summed E-state index contributed by atoms with van der Waals surface area (Å²) in [5.41, 5.74) is 0. The molecule has 1 aliphatic heterocycles. The predicted octanol–water partition coefficient (Wildman–Crippen LogP) is 1.48. The van der Waals surface area contributed by atoms with Crippen molar-refractivity contribution in [1.29, 1.82) is 0 Å². The van der Waals surface area contributed by atoms with E-state index in [1.54, 1.807) is 0 Å². The SMILES string of the molecule is CCCCS(=O)(=O)N1CC(c2nc(C3CC3)no2)C1. The Morgan fingerprint density at radius 1 is 1.32 bits per heavy atom. The topological polar surface area (TPSA) is 76.3 Å². The second-order valence-corrected chi connectivity index (χ2v) is 7.54. The first kappa shape index (κ1) is 13.1. The van der Waals surface area contributed by atoms with E-state index in [1.807, 2.05) is 6.92 Å². The Labute approximate surface area is 113 Å². The molecule has 2 fully saturated rings. The third-order valence-electron chi connectivity index (χ3n) is 3.75. The van der Waals surface area contributed by atoms with Crippen molar-refractivity contribution in [2.75, 3.05) is 18.8 Å². The van der Waals surface area contributed by atoms with Gasteiger partial charge in [-0.25, -0.2) is 12.7 Å². The first-order valence-corrected chi connectivity index (χ1v) is 8.52. The van der Waals surface area contributed by atoms with E-state index in [4.69, 9.17) is 4.52 Å². The molecule has 0 unspecified atom stereocenters. The molecule has 1 aromatic heterocycles. The fourth-order valence-corrected chi connectivity index (χ4v) is 3.92. The number of hydrogen-bond acceptors (Lipinski definition) is 5. The third-order valence-corrected chi connectivity index (χ3v) is 5.64. The van der Waals surface area contributed by atoms with E-state index < -0.39 is 10.0 Å². The van der Waals surface area contributed by atoms with E-state index in [0.717, 1.165) is 31.5 Å². The lowest BCUT2D eigenvalue weighted by molar-refractivity contribution is 0.216. The lowest BCUT2D eigenvalue weighted by atomic mass is 10.0. The van der Waals surface area contributed by atoms with E-state index in [0.29, 0.717) is 24.9 Å². The summed E-state index contributed by atoms with van der Waals surface area (Å²) in [5.74, 6) is 2.19. The molecule has 0 radical (unpaired) electrons. The molecule has 1 saturated carbocycles. The van der Waals surface area contributed by atoms with Gasteiger partial charge in [0, 0.05) is 19.0 Å². The highest BCUT2D eigenvalue weighted by molar-refractivity contribution is 7.89. The number of hydrogen-bond donors (Lipinski definition) is 0. The Bertz CT molecular complexity index is 544. The molecule has 106 valence electrons. The highest BCUT2D eigenvalue weighted by atomic mass is 32.2. The highest BCUT2D eigenvalue weighted by Crippen LogP contribution is 2.39. The van der Waals surface area contributed by atoms with Crippen molar-refractivity contribution in [3.8, 4) is 0 Å². The summed E-state index contributed by atoms with van der Waals surface area (Å²) >= 11 is 0. The molecule has 3 rings (SSSR count). The number of aromatic nitrogens is 2. The van der Waals surface area contributed by atoms with Gasteiger partial charge in [0.25, 0.3) is 0 Å². The predicted molar refractivity (Wildman–Crippen MR) is 69.3 cm³/mol. The molecule has 1 aromatic rings. The molecule has 1 aliphatic carbocycles. The summed E-state index contributed by atoms with van der Waals surface area (Å²) in [7, 11) is -3.08. The van der Waals surface area contributed by atoms with Crippen LogP contribution in [0.25, 0.3) is 0 Å². The Hall–Kier alpha value is -0.950. The van der Waals surface area contributed by atoms with Crippen LogP contribution >= 0.6 is 0 Å². The van der Waals surface area contributed by atoms with Crippen LogP contribution in [-0.4, -0.2) is 41.7 Å². The molecule has 0 amide bonds. The molecule has 0 bridgehead atoms. The van der Waals surface area contributed by atoms with Gasteiger partial charge >= 0.3 is 0 Å². The zero-order valence-corrected chi connectivity index (χ0v) is 11.9. The molecule has 1 saturated heterocycles. The van der Waals surface area contributed by atoms with E-state index in [1.165, 1.54) is 4.31 Å². The van der Waals surface area contributed by atoms with Crippen molar-refractivity contribution in [3.05, 3.63) is 11.7 Å². The second-order valence-electron chi connectivity index (χ2n) is 5.45. The fraction of sp³-hybridized carbons (Fsp3) is 0.833. The van der Waals surface area contributed by atoms with Gasteiger partial charge in [0.05, 0.1) is 11.7 Å². The highest BCUT2D eigenvalue weighted by Gasteiger charge is 2.40. The Morgan fingerprint density at radius 3 is 2.68 bits per heavy atom. The molecule has 7 heteroatoms. The zero-order valence-electron chi connectivity index (χ0n) is 11.1. The van der Waals surface area contributed by atoms with Gasteiger partial charge in [-0.2, -0.15) is 4.98 Å². The Balaban J connectivity index is 1.56. The summed E-state index contributed by atoms with van der Waals surface area (Å²) in [4.78, 5) is 4.37. The van der Waals surface area contributed by atoms with Gasteiger partial charge in [0.15, 0.2) is 5.82 Å². The van der Waals surface area contributed by atoms with Crippen LogP contribution in [0, 0.1) is 0 Å². The van der Waals surface area contributed by atoms with Gasteiger partial charge in [-0.3, -0.25) is 0 Å². The van der Waals surface area contributed by atoms with E-state index in [9.17, 15) is 8.42 Å². The molecule has 2 heterocycles. The van der Waals surface area contributed by atoms with Gasteiger partial charge in [-0.15, -0.1) is 0 Å². The molecule has 0 aromatic carbocycles. The van der Waals surface area contributed by atoms with Crippen LogP contribution < -0.4 is 0 Å². The lowest BCUT2D eigenvalue weighted by Gasteiger charge is -2.35. The first-order chi connectivity index (χ1) is 9.10.